The number of piperazine rings is 1. The molecule has 2 saturated heterocycles. The van der Waals surface area contributed by atoms with E-state index in [1.807, 2.05) is 12.1 Å². The fourth-order valence-electron chi connectivity index (χ4n) is 3.87. The predicted octanol–water partition coefficient (Wildman–Crippen LogP) is 2.15. The van der Waals surface area contributed by atoms with Gasteiger partial charge in [0.05, 0.1) is 13.2 Å². The first-order chi connectivity index (χ1) is 13.3. The Morgan fingerprint density at radius 3 is 2.75 bits per heavy atom. The molecule has 156 valence electrons. The van der Waals surface area contributed by atoms with Crippen LogP contribution in [0.15, 0.2) is 23.2 Å². The summed E-state index contributed by atoms with van der Waals surface area (Å²) in [5, 5.41) is 3.44. The highest BCUT2D eigenvalue weighted by Crippen LogP contribution is 2.32. The summed E-state index contributed by atoms with van der Waals surface area (Å²) >= 11 is 0. The Kier molecular flexibility index (Phi) is 8.04. The van der Waals surface area contributed by atoms with Crippen LogP contribution in [-0.2, 0) is 11.3 Å². The van der Waals surface area contributed by atoms with Crippen LogP contribution >= 0.6 is 24.0 Å². The summed E-state index contributed by atoms with van der Waals surface area (Å²) in [7, 11) is 0. The smallest absolute Gasteiger partial charge is 0.231 e. The van der Waals surface area contributed by atoms with Crippen molar-refractivity contribution >= 4 is 29.9 Å². The van der Waals surface area contributed by atoms with Gasteiger partial charge in [-0.05, 0) is 37.0 Å². The van der Waals surface area contributed by atoms with Crippen LogP contribution in [-0.4, -0.2) is 75.0 Å². The summed E-state index contributed by atoms with van der Waals surface area (Å²) < 4.78 is 16.4. The number of rotatable bonds is 5. The molecule has 1 aromatic rings. The molecule has 0 amide bonds. The minimum atomic E-state index is 0. The third-order valence-electron chi connectivity index (χ3n) is 5.40. The lowest BCUT2D eigenvalue weighted by Gasteiger charge is -2.37. The molecule has 28 heavy (non-hydrogen) atoms. The summed E-state index contributed by atoms with van der Waals surface area (Å²) in [6.07, 6.45) is 1.21. The van der Waals surface area contributed by atoms with Crippen molar-refractivity contribution in [2.24, 2.45) is 10.9 Å². The van der Waals surface area contributed by atoms with Gasteiger partial charge in [-0.3, -0.25) is 4.90 Å². The third kappa shape index (κ3) is 5.42. The van der Waals surface area contributed by atoms with Crippen LogP contribution in [0.2, 0.25) is 0 Å². The number of hydrogen-bond donors (Lipinski definition) is 1. The fraction of sp³-hybridized carbons (Fsp3) is 0.650. The first-order valence-corrected chi connectivity index (χ1v) is 10.0. The molecule has 1 aromatic carbocycles. The van der Waals surface area contributed by atoms with Crippen LogP contribution in [0.1, 0.15) is 18.9 Å². The van der Waals surface area contributed by atoms with Gasteiger partial charge in [0.1, 0.15) is 0 Å². The highest BCUT2D eigenvalue weighted by Gasteiger charge is 2.24. The van der Waals surface area contributed by atoms with Crippen molar-refractivity contribution in [2.75, 3.05) is 59.3 Å². The zero-order chi connectivity index (χ0) is 18.5. The summed E-state index contributed by atoms with van der Waals surface area (Å²) in [4.78, 5) is 9.80. The van der Waals surface area contributed by atoms with Gasteiger partial charge in [-0.2, -0.15) is 0 Å². The van der Waals surface area contributed by atoms with E-state index in [2.05, 4.69) is 28.1 Å². The highest BCUT2D eigenvalue weighted by atomic mass is 127. The van der Waals surface area contributed by atoms with Crippen LogP contribution in [0.5, 0.6) is 11.5 Å². The molecule has 7 nitrogen and oxygen atoms in total. The Balaban J connectivity index is 0.00000225. The average molecular weight is 502 g/mol. The Bertz CT molecular complexity index is 659. The standard InChI is InChI=1S/C20H30N4O3.HI/c1-2-21-20(22-12-16-3-4-18-19(11-16)27-15-26-18)24-8-6-23(7-9-24)13-17-5-10-25-14-17;/h3-4,11,17H,2,5-10,12-15H2,1H3,(H,21,22);1H. The van der Waals surface area contributed by atoms with Gasteiger partial charge < -0.3 is 24.4 Å². The van der Waals surface area contributed by atoms with E-state index in [0.717, 1.165) is 69.0 Å². The number of nitrogens with zero attached hydrogens (tertiary/aromatic N) is 3. The van der Waals surface area contributed by atoms with Crippen LogP contribution in [0.25, 0.3) is 0 Å². The number of aliphatic imine (C=N–C) groups is 1. The zero-order valence-corrected chi connectivity index (χ0v) is 18.9. The van der Waals surface area contributed by atoms with Gasteiger partial charge in [0.2, 0.25) is 6.79 Å². The first-order valence-electron chi connectivity index (χ1n) is 10.0. The average Bonchev–Trinajstić information content (AvgIpc) is 3.37. The lowest BCUT2D eigenvalue weighted by Crippen LogP contribution is -2.53. The van der Waals surface area contributed by atoms with Crippen molar-refractivity contribution in [3.63, 3.8) is 0 Å². The molecule has 2 fully saturated rings. The zero-order valence-electron chi connectivity index (χ0n) is 16.6. The maximum Gasteiger partial charge on any atom is 0.231 e. The second-order valence-electron chi connectivity index (χ2n) is 7.38. The Hall–Kier alpha value is -1.26. The van der Waals surface area contributed by atoms with Crippen LogP contribution in [0.3, 0.4) is 0 Å². The van der Waals surface area contributed by atoms with Crippen LogP contribution < -0.4 is 14.8 Å². The van der Waals surface area contributed by atoms with E-state index in [4.69, 9.17) is 19.2 Å². The van der Waals surface area contributed by atoms with Crippen molar-refractivity contribution in [3.8, 4) is 11.5 Å². The van der Waals surface area contributed by atoms with Gasteiger partial charge in [0.15, 0.2) is 17.5 Å². The monoisotopic (exact) mass is 502 g/mol. The number of hydrogen-bond acceptors (Lipinski definition) is 5. The van der Waals surface area contributed by atoms with E-state index in [1.54, 1.807) is 0 Å². The van der Waals surface area contributed by atoms with E-state index >= 15 is 0 Å². The van der Waals surface area contributed by atoms with Crippen LogP contribution in [0.4, 0.5) is 0 Å². The van der Waals surface area contributed by atoms with Crippen LogP contribution in [0, 0.1) is 5.92 Å². The van der Waals surface area contributed by atoms with Crippen molar-refractivity contribution in [1.82, 2.24) is 15.1 Å². The van der Waals surface area contributed by atoms with Gasteiger partial charge in [-0.15, -0.1) is 24.0 Å². The number of halogens is 1. The summed E-state index contributed by atoms with van der Waals surface area (Å²) in [6, 6.07) is 6.05. The minimum absolute atomic E-state index is 0. The Morgan fingerprint density at radius 1 is 1.18 bits per heavy atom. The molecule has 1 unspecified atom stereocenters. The Labute approximate surface area is 184 Å². The normalized spacial score (nSPS) is 22.2. The molecule has 0 aromatic heterocycles. The molecule has 3 aliphatic rings. The number of guanidine groups is 1. The highest BCUT2D eigenvalue weighted by molar-refractivity contribution is 14.0. The van der Waals surface area contributed by atoms with E-state index < -0.39 is 0 Å². The lowest BCUT2D eigenvalue weighted by molar-refractivity contribution is 0.139. The number of benzene rings is 1. The quantitative estimate of drug-likeness (QED) is 0.379. The molecule has 0 saturated carbocycles. The molecule has 0 bridgehead atoms. The van der Waals surface area contributed by atoms with E-state index in [0.29, 0.717) is 19.3 Å². The van der Waals surface area contributed by atoms with Gasteiger partial charge >= 0.3 is 0 Å². The molecule has 8 heteroatoms. The predicted molar refractivity (Wildman–Crippen MR) is 120 cm³/mol. The number of ether oxygens (including phenoxy) is 3. The third-order valence-corrected chi connectivity index (χ3v) is 5.40. The summed E-state index contributed by atoms with van der Waals surface area (Å²) in [6.45, 7) is 11.2. The second kappa shape index (κ2) is 10.5. The molecule has 0 spiro atoms. The van der Waals surface area contributed by atoms with E-state index in [9.17, 15) is 0 Å². The molecule has 3 aliphatic heterocycles. The van der Waals surface area contributed by atoms with Gasteiger partial charge in [-0.25, -0.2) is 4.99 Å². The largest absolute Gasteiger partial charge is 0.454 e. The minimum Gasteiger partial charge on any atom is -0.454 e. The lowest BCUT2D eigenvalue weighted by atomic mass is 10.1. The van der Waals surface area contributed by atoms with E-state index in [1.165, 1.54) is 13.0 Å². The SMILES string of the molecule is CCNC(=NCc1ccc2c(c1)OCO2)N1CCN(CC2CCOC2)CC1.I. The Morgan fingerprint density at radius 2 is 2.00 bits per heavy atom. The van der Waals surface area contributed by atoms with Crippen molar-refractivity contribution < 1.29 is 14.2 Å². The number of fused-ring (bicyclic) bond motifs is 1. The van der Waals surface area contributed by atoms with Crippen molar-refractivity contribution in [2.45, 2.75) is 19.9 Å². The van der Waals surface area contributed by atoms with Gasteiger partial charge in [-0.1, -0.05) is 6.07 Å². The first kappa shape index (κ1) is 21.4. The van der Waals surface area contributed by atoms with Gasteiger partial charge in [0, 0.05) is 45.9 Å². The molecule has 0 aliphatic carbocycles. The molecule has 1 N–H and O–H groups in total. The molecule has 0 radical (unpaired) electrons. The van der Waals surface area contributed by atoms with E-state index in [-0.39, 0.29) is 24.0 Å². The molecule has 4 rings (SSSR count). The summed E-state index contributed by atoms with van der Waals surface area (Å²) in [5.74, 6) is 3.35. The second-order valence-corrected chi connectivity index (χ2v) is 7.38. The molecule has 1 atom stereocenters. The molecular weight excluding hydrogens is 471 g/mol. The molecular formula is C20H31IN4O3. The number of nitrogens with one attached hydrogen (secondary N) is 1. The summed E-state index contributed by atoms with van der Waals surface area (Å²) in [5.41, 5.74) is 1.13. The maximum absolute atomic E-state index is 5.51. The maximum atomic E-state index is 5.51. The fourth-order valence-corrected chi connectivity index (χ4v) is 3.87. The van der Waals surface area contributed by atoms with Crippen molar-refractivity contribution in [1.29, 1.82) is 0 Å². The topological polar surface area (TPSA) is 58.6 Å². The molecule has 3 heterocycles. The van der Waals surface area contributed by atoms with Crippen molar-refractivity contribution in [3.05, 3.63) is 23.8 Å². The van der Waals surface area contributed by atoms with Gasteiger partial charge in [0.25, 0.3) is 0 Å².